The van der Waals surface area contributed by atoms with Crippen LogP contribution in [0.25, 0.3) is 33.0 Å². The van der Waals surface area contributed by atoms with Crippen LogP contribution in [0.3, 0.4) is 0 Å². The van der Waals surface area contributed by atoms with Gasteiger partial charge >= 0.3 is 0 Å². The fourth-order valence-corrected chi connectivity index (χ4v) is 10.7. The van der Waals surface area contributed by atoms with Gasteiger partial charge in [0.25, 0.3) is 0 Å². The fraction of sp³-hybridized carbons (Fsp3) is 0.244. The van der Waals surface area contributed by atoms with Crippen LogP contribution in [0.2, 0.25) is 0 Å². The first-order chi connectivity index (χ1) is 22.8. The first-order valence-corrected chi connectivity index (χ1v) is 17.4. The second-order valence-electron chi connectivity index (χ2n) is 14.5. The summed E-state index contributed by atoms with van der Waals surface area (Å²) in [7, 11) is 0. The Morgan fingerprint density at radius 2 is 1.17 bits per heavy atom. The molecular formula is C45H39N. The zero-order chi connectivity index (χ0) is 30.2. The monoisotopic (exact) mass is 593 g/mol. The van der Waals surface area contributed by atoms with Crippen molar-refractivity contribution < 1.29 is 0 Å². The molecule has 5 aliphatic rings. The van der Waals surface area contributed by atoms with Crippen molar-refractivity contribution >= 4 is 27.8 Å². The lowest BCUT2D eigenvalue weighted by Gasteiger charge is -2.53. The van der Waals surface area contributed by atoms with E-state index in [0.717, 1.165) is 23.7 Å². The molecule has 6 aromatic rings. The molecule has 4 saturated carbocycles. The third kappa shape index (κ3) is 3.81. The first kappa shape index (κ1) is 26.6. The summed E-state index contributed by atoms with van der Waals surface area (Å²) < 4.78 is 0. The highest BCUT2D eigenvalue weighted by atomic mass is 15.1. The van der Waals surface area contributed by atoms with Gasteiger partial charge in [0, 0.05) is 22.4 Å². The van der Waals surface area contributed by atoms with Gasteiger partial charge in [-0.1, -0.05) is 116 Å². The molecule has 1 heteroatoms. The average molecular weight is 594 g/mol. The molecule has 5 aliphatic carbocycles. The Labute approximate surface area is 272 Å². The van der Waals surface area contributed by atoms with Crippen LogP contribution in [0.4, 0.5) is 17.1 Å². The molecule has 0 aliphatic heterocycles. The predicted molar refractivity (Wildman–Crippen MR) is 192 cm³/mol. The molecule has 0 radical (unpaired) electrons. The summed E-state index contributed by atoms with van der Waals surface area (Å²) in [5.74, 6) is 3.33. The summed E-state index contributed by atoms with van der Waals surface area (Å²) in [6.45, 7) is 0. The number of hydrogen-bond donors (Lipinski definition) is 0. The van der Waals surface area contributed by atoms with Crippen LogP contribution in [0.15, 0.2) is 140 Å². The van der Waals surface area contributed by atoms with Crippen LogP contribution < -0.4 is 4.90 Å². The lowest BCUT2D eigenvalue weighted by molar-refractivity contribution is 0.0618. The van der Waals surface area contributed by atoms with Gasteiger partial charge in [0.1, 0.15) is 0 Å². The van der Waals surface area contributed by atoms with Gasteiger partial charge in [0.2, 0.25) is 0 Å². The highest BCUT2D eigenvalue weighted by Gasteiger charge is 2.59. The number of nitrogens with zero attached hydrogens (tertiary/aromatic N) is 1. The molecule has 46 heavy (non-hydrogen) atoms. The van der Waals surface area contributed by atoms with Crippen LogP contribution in [0, 0.1) is 23.7 Å². The van der Waals surface area contributed by atoms with Crippen molar-refractivity contribution in [1.29, 1.82) is 0 Å². The Bertz CT molecular complexity index is 2080. The van der Waals surface area contributed by atoms with Crippen molar-refractivity contribution in [2.24, 2.45) is 23.7 Å². The summed E-state index contributed by atoms with van der Waals surface area (Å²) in [4.78, 5) is 2.54. The lowest BCUT2D eigenvalue weighted by atomic mass is 9.51. The summed E-state index contributed by atoms with van der Waals surface area (Å²) in [5.41, 5.74) is 12.5. The number of benzene rings is 6. The highest BCUT2D eigenvalue weighted by molar-refractivity contribution is 5.97. The fourth-order valence-electron chi connectivity index (χ4n) is 10.7. The first-order valence-electron chi connectivity index (χ1n) is 17.4. The maximum atomic E-state index is 2.54. The Hall–Kier alpha value is -4.62. The van der Waals surface area contributed by atoms with E-state index in [0.29, 0.717) is 0 Å². The Balaban J connectivity index is 1.21. The largest absolute Gasteiger partial charge is 0.310 e. The summed E-state index contributed by atoms with van der Waals surface area (Å²) in [6.07, 6.45) is 8.49. The molecule has 0 N–H and O–H groups in total. The van der Waals surface area contributed by atoms with E-state index in [1.807, 2.05) is 0 Å². The molecule has 6 aromatic carbocycles. The molecule has 0 saturated heterocycles. The zero-order valence-corrected chi connectivity index (χ0v) is 26.3. The van der Waals surface area contributed by atoms with Gasteiger partial charge in [-0.25, -0.2) is 0 Å². The van der Waals surface area contributed by atoms with Gasteiger partial charge in [-0.05, 0) is 125 Å². The van der Waals surface area contributed by atoms with Crippen molar-refractivity contribution in [3.8, 4) is 22.3 Å². The topological polar surface area (TPSA) is 3.24 Å². The van der Waals surface area contributed by atoms with Gasteiger partial charge in [-0.15, -0.1) is 0 Å². The predicted octanol–water partition coefficient (Wildman–Crippen LogP) is 12.1. The van der Waals surface area contributed by atoms with Crippen molar-refractivity contribution in [2.75, 3.05) is 4.90 Å². The highest BCUT2D eigenvalue weighted by Crippen LogP contribution is 2.68. The quantitative estimate of drug-likeness (QED) is 0.196. The molecule has 5 atom stereocenters. The summed E-state index contributed by atoms with van der Waals surface area (Å²) in [6, 6.07) is 52.5. The maximum Gasteiger partial charge on any atom is 0.0543 e. The van der Waals surface area contributed by atoms with Gasteiger partial charge in [0.15, 0.2) is 0 Å². The van der Waals surface area contributed by atoms with Crippen molar-refractivity contribution in [2.45, 2.75) is 43.9 Å². The second kappa shape index (κ2) is 10.2. The minimum absolute atomic E-state index is 0.139. The van der Waals surface area contributed by atoms with E-state index < -0.39 is 0 Å². The molecule has 4 bridgehead atoms. The Morgan fingerprint density at radius 3 is 2.07 bits per heavy atom. The molecule has 0 heterocycles. The zero-order valence-electron chi connectivity index (χ0n) is 26.3. The van der Waals surface area contributed by atoms with Crippen molar-refractivity contribution in [3.63, 3.8) is 0 Å². The third-order valence-electron chi connectivity index (χ3n) is 12.3. The van der Waals surface area contributed by atoms with Gasteiger partial charge in [-0.3, -0.25) is 0 Å². The van der Waals surface area contributed by atoms with Crippen molar-refractivity contribution in [3.05, 3.63) is 151 Å². The number of rotatable bonds is 4. The standard InChI is InChI=1S/C45H39N/c1-2-9-32(10-3-1)34-18-22-38(23-19-34)46(39-24-20-33-11-4-5-12-35(33)29-39)43-16-8-15-42-44(43)40-13-6-7-14-41(40)45(42)36-21-17-30-25-31(27-36)28-37(45)26-30/h1-16,18-20,22-24,29-31,36-37H,17,21,25-28H2. The molecule has 1 spiro atoms. The molecule has 0 amide bonds. The smallest absolute Gasteiger partial charge is 0.0543 e. The van der Waals surface area contributed by atoms with Crippen molar-refractivity contribution in [1.82, 2.24) is 0 Å². The van der Waals surface area contributed by atoms with Gasteiger partial charge in [0.05, 0.1) is 5.69 Å². The van der Waals surface area contributed by atoms with Crippen LogP contribution >= 0.6 is 0 Å². The minimum Gasteiger partial charge on any atom is -0.310 e. The van der Waals surface area contributed by atoms with E-state index >= 15 is 0 Å². The van der Waals surface area contributed by atoms with Crippen LogP contribution in [0.5, 0.6) is 0 Å². The molecule has 0 aromatic heterocycles. The van der Waals surface area contributed by atoms with Gasteiger partial charge < -0.3 is 4.90 Å². The number of hydrogen-bond acceptors (Lipinski definition) is 1. The molecule has 224 valence electrons. The summed E-state index contributed by atoms with van der Waals surface area (Å²) in [5, 5.41) is 2.55. The Kier molecular flexibility index (Phi) is 5.89. The molecule has 4 fully saturated rings. The lowest BCUT2D eigenvalue weighted by Crippen LogP contribution is -2.48. The van der Waals surface area contributed by atoms with Crippen LogP contribution in [-0.4, -0.2) is 0 Å². The van der Waals surface area contributed by atoms with Crippen LogP contribution in [-0.2, 0) is 5.41 Å². The van der Waals surface area contributed by atoms with E-state index in [1.165, 1.54) is 88.6 Å². The van der Waals surface area contributed by atoms with Crippen LogP contribution in [0.1, 0.15) is 49.7 Å². The van der Waals surface area contributed by atoms with E-state index in [2.05, 4.69) is 144 Å². The Morgan fingerprint density at radius 1 is 0.478 bits per heavy atom. The minimum atomic E-state index is 0.139. The number of fused-ring (bicyclic) bond motifs is 5. The molecule has 11 rings (SSSR count). The number of anilines is 3. The van der Waals surface area contributed by atoms with Gasteiger partial charge in [-0.2, -0.15) is 0 Å². The van der Waals surface area contributed by atoms with E-state index in [9.17, 15) is 0 Å². The van der Waals surface area contributed by atoms with E-state index in [4.69, 9.17) is 0 Å². The normalized spacial score (nSPS) is 25.4. The average Bonchev–Trinajstić information content (AvgIpc) is 3.26. The molecule has 1 nitrogen and oxygen atoms in total. The molecule has 5 unspecified atom stereocenters. The van der Waals surface area contributed by atoms with E-state index in [1.54, 1.807) is 11.1 Å². The second-order valence-corrected chi connectivity index (χ2v) is 14.5. The SMILES string of the molecule is c1ccc(-c2ccc(N(c3ccc4ccccc4c3)c3cccc4c3-c3ccccc3C43C4CCC5CC(C4)CC3C5)cc2)cc1. The maximum absolute atomic E-state index is 2.54. The summed E-state index contributed by atoms with van der Waals surface area (Å²) >= 11 is 0. The molecular weight excluding hydrogens is 555 g/mol. The van der Waals surface area contributed by atoms with E-state index in [-0.39, 0.29) is 5.41 Å². The third-order valence-corrected chi connectivity index (χ3v) is 12.3.